The zero-order valence-electron chi connectivity index (χ0n) is 21.1. The molecule has 0 amide bonds. The largest absolute Gasteiger partial charge is 0.504 e. The number of hydrogen-bond donors (Lipinski definition) is 1. The normalized spacial score (nSPS) is 14.1. The number of benzene rings is 2. The number of hydrogen-bond acceptors (Lipinski definition) is 6. The predicted octanol–water partition coefficient (Wildman–Crippen LogP) is 5.96. The third-order valence-corrected chi connectivity index (χ3v) is 5.79. The van der Waals surface area contributed by atoms with E-state index in [1.54, 1.807) is 26.4 Å². The highest BCUT2D eigenvalue weighted by molar-refractivity contribution is 6.04. The van der Waals surface area contributed by atoms with E-state index in [9.17, 15) is 9.90 Å². The number of aryl methyl sites for hydroxylation is 2. The van der Waals surface area contributed by atoms with Crippen molar-refractivity contribution in [3.05, 3.63) is 71.0 Å². The third kappa shape index (κ3) is 6.07. The molecular weight excluding hydrogens is 444 g/mol. The number of phenols is 1. The standard InChI is InChI=1S/C29H34O6/c1-6-8-20-14-22(28(31)26(17-20)33-4)23-15-21(9-7-2)18-27(34-5)29(23)35-13-12-19-10-11-24(30)25(16-19)32-3/h10-12,14-18,31H,6-9,13H2,1-5H3/b19-12+. The van der Waals surface area contributed by atoms with E-state index >= 15 is 0 Å². The lowest BCUT2D eigenvalue weighted by Gasteiger charge is -2.19. The highest BCUT2D eigenvalue weighted by atomic mass is 16.5. The number of aromatic hydroxyl groups is 1. The molecule has 0 heterocycles. The number of ether oxygens (including phenoxy) is 4. The quantitative estimate of drug-likeness (QED) is 0.430. The molecule has 0 fully saturated rings. The first-order chi connectivity index (χ1) is 16.9. The average Bonchev–Trinajstić information content (AvgIpc) is 2.86. The monoisotopic (exact) mass is 478 g/mol. The van der Waals surface area contributed by atoms with Crippen LogP contribution in [-0.4, -0.2) is 38.8 Å². The first-order valence-electron chi connectivity index (χ1n) is 11.9. The lowest BCUT2D eigenvalue weighted by Crippen LogP contribution is -2.06. The highest BCUT2D eigenvalue weighted by Crippen LogP contribution is 2.46. The number of carbonyl (C=O) groups is 1. The molecule has 0 radical (unpaired) electrons. The summed E-state index contributed by atoms with van der Waals surface area (Å²) in [6.07, 6.45) is 10.4. The molecule has 0 saturated heterocycles. The summed E-state index contributed by atoms with van der Waals surface area (Å²) in [6, 6.07) is 7.87. The smallest absolute Gasteiger partial charge is 0.220 e. The van der Waals surface area contributed by atoms with Crippen LogP contribution in [-0.2, 0) is 22.4 Å². The molecule has 0 atom stereocenters. The molecule has 0 aliphatic heterocycles. The molecule has 0 unspecified atom stereocenters. The molecule has 2 aromatic carbocycles. The minimum Gasteiger partial charge on any atom is -0.504 e. The zero-order chi connectivity index (χ0) is 25.4. The van der Waals surface area contributed by atoms with E-state index in [4.69, 9.17) is 18.9 Å². The second-order valence-corrected chi connectivity index (χ2v) is 8.29. The molecule has 0 spiro atoms. The van der Waals surface area contributed by atoms with Gasteiger partial charge in [-0.05, 0) is 72.0 Å². The molecule has 1 aliphatic carbocycles. The number of rotatable bonds is 11. The molecule has 1 aliphatic rings. The van der Waals surface area contributed by atoms with Crippen molar-refractivity contribution in [3.8, 4) is 34.1 Å². The van der Waals surface area contributed by atoms with Gasteiger partial charge in [0.1, 0.15) is 6.61 Å². The van der Waals surface area contributed by atoms with Gasteiger partial charge in [-0.25, -0.2) is 0 Å². The van der Waals surface area contributed by atoms with Crippen LogP contribution in [0.5, 0.6) is 23.0 Å². The van der Waals surface area contributed by atoms with Gasteiger partial charge in [-0.3, -0.25) is 4.79 Å². The second kappa shape index (κ2) is 12.2. The van der Waals surface area contributed by atoms with E-state index in [2.05, 4.69) is 13.8 Å². The van der Waals surface area contributed by atoms with Crippen molar-refractivity contribution in [2.75, 3.05) is 27.9 Å². The summed E-state index contributed by atoms with van der Waals surface area (Å²) < 4.78 is 22.5. The van der Waals surface area contributed by atoms with Gasteiger partial charge in [0.05, 0.1) is 21.3 Å². The van der Waals surface area contributed by atoms with Gasteiger partial charge >= 0.3 is 0 Å². The molecule has 35 heavy (non-hydrogen) atoms. The molecule has 3 rings (SSSR count). The summed E-state index contributed by atoms with van der Waals surface area (Å²) in [7, 11) is 4.63. The summed E-state index contributed by atoms with van der Waals surface area (Å²) in [5.74, 6) is 1.72. The third-order valence-electron chi connectivity index (χ3n) is 5.79. The van der Waals surface area contributed by atoms with E-state index in [1.165, 1.54) is 13.2 Å². The van der Waals surface area contributed by atoms with E-state index < -0.39 is 0 Å². The summed E-state index contributed by atoms with van der Waals surface area (Å²) in [4.78, 5) is 11.8. The van der Waals surface area contributed by atoms with Gasteiger partial charge in [0.15, 0.2) is 28.8 Å². The van der Waals surface area contributed by atoms with E-state index in [0.717, 1.165) is 47.9 Å². The summed E-state index contributed by atoms with van der Waals surface area (Å²) in [6.45, 7) is 4.46. The Bertz CT molecular complexity index is 1160. The minimum absolute atomic E-state index is 0.0626. The van der Waals surface area contributed by atoms with Crippen molar-refractivity contribution in [1.82, 2.24) is 0 Å². The second-order valence-electron chi connectivity index (χ2n) is 8.29. The number of allylic oxidation sites excluding steroid dienone is 4. The van der Waals surface area contributed by atoms with Gasteiger partial charge < -0.3 is 24.1 Å². The fourth-order valence-electron chi connectivity index (χ4n) is 4.08. The fourth-order valence-corrected chi connectivity index (χ4v) is 4.08. The number of methoxy groups -OCH3 is 3. The number of carbonyl (C=O) groups excluding carboxylic acids is 1. The van der Waals surface area contributed by atoms with Crippen LogP contribution in [0.3, 0.4) is 0 Å². The first-order valence-corrected chi connectivity index (χ1v) is 11.9. The Hall–Kier alpha value is -3.67. The van der Waals surface area contributed by atoms with Gasteiger partial charge in [0, 0.05) is 11.1 Å². The topological polar surface area (TPSA) is 74.2 Å². The van der Waals surface area contributed by atoms with E-state index in [1.807, 2.05) is 30.3 Å². The van der Waals surface area contributed by atoms with Crippen molar-refractivity contribution < 1.29 is 28.8 Å². The molecule has 1 N–H and O–H groups in total. The van der Waals surface area contributed by atoms with Crippen LogP contribution in [0.1, 0.15) is 37.8 Å². The van der Waals surface area contributed by atoms with Crippen LogP contribution in [0.2, 0.25) is 0 Å². The zero-order valence-corrected chi connectivity index (χ0v) is 21.1. The fraction of sp³-hybridized carbons (Fsp3) is 0.345. The van der Waals surface area contributed by atoms with Crippen molar-refractivity contribution in [1.29, 1.82) is 0 Å². The van der Waals surface area contributed by atoms with Gasteiger partial charge in [0.25, 0.3) is 0 Å². The highest BCUT2D eigenvalue weighted by Gasteiger charge is 2.21. The predicted molar refractivity (Wildman–Crippen MR) is 137 cm³/mol. The van der Waals surface area contributed by atoms with Gasteiger partial charge in [-0.2, -0.15) is 0 Å². The van der Waals surface area contributed by atoms with E-state index in [0.29, 0.717) is 22.8 Å². The van der Waals surface area contributed by atoms with Crippen LogP contribution in [0.4, 0.5) is 0 Å². The maximum atomic E-state index is 11.8. The minimum atomic E-state index is -0.169. The van der Waals surface area contributed by atoms with Crippen molar-refractivity contribution in [2.24, 2.45) is 0 Å². The van der Waals surface area contributed by atoms with Crippen molar-refractivity contribution >= 4 is 5.78 Å². The number of ketones is 1. The van der Waals surface area contributed by atoms with Gasteiger partial charge in [-0.15, -0.1) is 0 Å². The Kier molecular flexibility index (Phi) is 9.01. The Labute approximate surface area is 207 Å². The average molecular weight is 479 g/mol. The molecule has 0 saturated carbocycles. The van der Waals surface area contributed by atoms with Gasteiger partial charge in [0.2, 0.25) is 5.78 Å². The molecule has 2 aromatic rings. The Morgan fingerprint density at radius 3 is 2.06 bits per heavy atom. The molecule has 0 bridgehead atoms. The first kappa shape index (κ1) is 25.9. The summed E-state index contributed by atoms with van der Waals surface area (Å²) in [5, 5.41) is 11.1. The lowest BCUT2D eigenvalue weighted by molar-refractivity contribution is -0.114. The van der Waals surface area contributed by atoms with Crippen LogP contribution in [0.15, 0.2) is 59.9 Å². The Morgan fingerprint density at radius 1 is 0.829 bits per heavy atom. The molecule has 6 heteroatoms. The maximum Gasteiger partial charge on any atom is 0.220 e. The number of phenolic OH excluding ortho intramolecular Hbond substituents is 1. The summed E-state index contributed by atoms with van der Waals surface area (Å²) in [5.41, 5.74) is 4.34. The molecule has 0 aromatic heterocycles. The molecular formula is C29H34O6. The van der Waals surface area contributed by atoms with Crippen LogP contribution in [0.25, 0.3) is 11.1 Å². The summed E-state index contributed by atoms with van der Waals surface area (Å²) >= 11 is 0. The maximum absolute atomic E-state index is 11.8. The van der Waals surface area contributed by atoms with E-state index in [-0.39, 0.29) is 23.9 Å². The Balaban J connectivity index is 2.08. The van der Waals surface area contributed by atoms with Crippen LogP contribution < -0.4 is 14.2 Å². The van der Waals surface area contributed by atoms with Crippen LogP contribution >= 0.6 is 0 Å². The Morgan fingerprint density at radius 2 is 1.46 bits per heavy atom. The van der Waals surface area contributed by atoms with Crippen LogP contribution in [0, 0.1) is 0 Å². The van der Waals surface area contributed by atoms with Crippen molar-refractivity contribution in [3.63, 3.8) is 0 Å². The lowest BCUT2D eigenvalue weighted by atomic mass is 9.95. The SMILES string of the molecule is CCCc1cc(OC)c(O)c(-c2cc(CCC)cc(OC)c2OC/C=C2\C=CC(=O)C(OC)=C2)c1. The molecule has 186 valence electrons. The van der Waals surface area contributed by atoms with Gasteiger partial charge in [-0.1, -0.05) is 32.8 Å². The van der Waals surface area contributed by atoms with Crippen molar-refractivity contribution in [2.45, 2.75) is 39.5 Å². The molecule has 6 nitrogen and oxygen atoms in total.